The highest BCUT2D eigenvalue weighted by Crippen LogP contribution is 2.41. The lowest BCUT2D eigenvalue weighted by atomic mass is 9.87. The summed E-state index contributed by atoms with van der Waals surface area (Å²) in [5, 5.41) is 6.18. The molecular weight excluding hydrogens is 528 g/mol. The van der Waals surface area contributed by atoms with E-state index in [9.17, 15) is 21.6 Å². The summed E-state index contributed by atoms with van der Waals surface area (Å²) < 4.78 is 64.0. The lowest BCUT2D eigenvalue weighted by Crippen LogP contribution is -2.50. The van der Waals surface area contributed by atoms with Crippen LogP contribution in [0.15, 0.2) is 47.4 Å². The summed E-state index contributed by atoms with van der Waals surface area (Å²) in [4.78, 5) is 12.5. The topological polar surface area (TPSA) is 139 Å². The van der Waals surface area contributed by atoms with E-state index in [0.717, 1.165) is 24.8 Å². The Kier molecular flexibility index (Phi) is 9.96. The van der Waals surface area contributed by atoms with Crippen molar-refractivity contribution in [2.75, 3.05) is 25.2 Å². The Morgan fingerprint density at radius 1 is 1.21 bits per heavy atom. The van der Waals surface area contributed by atoms with Crippen LogP contribution in [0.5, 0.6) is 5.75 Å². The molecule has 0 bridgehead atoms. The Bertz CT molecular complexity index is 1330. The van der Waals surface area contributed by atoms with Gasteiger partial charge in [0.2, 0.25) is 5.91 Å². The first-order valence-corrected chi connectivity index (χ1v) is 16.2. The van der Waals surface area contributed by atoms with Crippen molar-refractivity contribution >= 4 is 25.9 Å². The number of fused-ring (bicyclic) bond motifs is 1. The van der Waals surface area contributed by atoms with Crippen molar-refractivity contribution in [3.8, 4) is 5.75 Å². The van der Waals surface area contributed by atoms with Crippen LogP contribution in [-0.4, -0.2) is 58.0 Å². The zero-order valence-corrected chi connectivity index (χ0v) is 23.8. The lowest BCUT2D eigenvalue weighted by Gasteiger charge is -2.36. The predicted molar refractivity (Wildman–Crippen MR) is 147 cm³/mol. The van der Waals surface area contributed by atoms with Crippen LogP contribution in [0.4, 0.5) is 0 Å². The predicted octanol–water partition coefficient (Wildman–Crippen LogP) is 3.44. The fraction of sp³-hybridized carbons (Fsp3) is 0.519. The fourth-order valence-corrected chi connectivity index (χ4v) is 7.50. The second kappa shape index (κ2) is 12.6. The summed E-state index contributed by atoms with van der Waals surface area (Å²) in [6.45, 7) is 3.89. The fourth-order valence-electron chi connectivity index (χ4n) is 4.97. The number of sulfone groups is 1. The quantitative estimate of drug-likeness (QED) is 0.332. The molecule has 1 aliphatic heterocycles. The number of hydrogen-bond acceptors (Lipinski definition) is 7. The number of benzene rings is 2. The van der Waals surface area contributed by atoms with Crippen LogP contribution in [0, 0.1) is 0 Å². The molecule has 3 N–H and O–H groups in total. The molecule has 2 aromatic carbocycles. The smallest absolute Gasteiger partial charge is 0.266 e. The average Bonchev–Trinajstić information content (AvgIpc) is 2.97. The van der Waals surface area contributed by atoms with Crippen LogP contribution in [0.3, 0.4) is 0 Å². The number of amides is 1. The second-order valence-electron chi connectivity index (χ2n) is 9.82. The Hall–Kier alpha value is -2.47. The molecule has 9 nitrogen and oxygen atoms in total. The Labute approximate surface area is 226 Å². The number of ether oxygens (including phenoxy) is 1. The van der Waals surface area contributed by atoms with Crippen molar-refractivity contribution < 1.29 is 30.9 Å². The molecule has 0 saturated carbocycles. The zero-order valence-electron chi connectivity index (χ0n) is 22.2. The summed E-state index contributed by atoms with van der Waals surface area (Å²) in [6, 6.07) is 12.8. The van der Waals surface area contributed by atoms with Crippen molar-refractivity contribution in [3.63, 3.8) is 0 Å². The second-order valence-corrected chi connectivity index (χ2v) is 13.4. The monoisotopic (exact) mass is 566 g/mol. The number of hydrogen-bond donors (Lipinski definition) is 3. The van der Waals surface area contributed by atoms with Gasteiger partial charge in [-0.3, -0.25) is 14.7 Å². The molecular formula is C27H38N2O7S2. The molecule has 0 unspecified atom stereocenters. The van der Waals surface area contributed by atoms with Gasteiger partial charge in [-0.05, 0) is 48.1 Å². The minimum atomic E-state index is -4.18. The van der Waals surface area contributed by atoms with E-state index in [1.165, 1.54) is 7.11 Å². The molecule has 2 aromatic rings. The molecule has 0 fully saturated rings. The van der Waals surface area contributed by atoms with Gasteiger partial charge in [0.25, 0.3) is 10.1 Å². The lowest BCUT2D eigenvalue weighted by molar-refractivity contribution is -0.120. The van der Waals surface area contributed by atoms with E-state index >= 15 is 0 Å². The highest BCUT2D eigenvalue weighted by Gasteiger charge is 2.42. The Morgan fingerprint density at radius 3 is 2.53 bits per heavy atom. The third-order valence-corrected chi connectivity index (χ3v) is 9.77. The number of methoxy groups -OCH3 is 1. The summed E-state index contributed by atoms with van der Waals surface area (Å²) >= 11 is 0. The molecule has 210 valence electrons. The minimum Gasteiger partial charge on any atom is -0.496 e. The van der Waals surface area contributed by atoms with Crippen LogP contribution in [0.1, 0.15) is 68.7 Å². The van der Waals surface area contributed by atoms with Gasteiger partial charge in [-0.1, -0.05) is 57.0 Å². The van der Waals surface area contributed by atoms with Crippen molar-refractivity contribution in [1.82, 2.24) is 10.6 Å². The molecule has 1 amide bonds. The first-order chi connectivity index (χ1) is 17.9. The summed E-state index contributed by atoms with van der Waals surface area (Å²) in [6.07, 6.45) is 3.42. The number of nitrogens with one attached hydrogen (secondary N) is 2. The number of aryl methyl sites for hydroxylation is 1. The molecule has 3 rings (SSSR count). The van der Waals surface area contributed by atoms with E-state index in [2.05, 4.69) is 17.6 Å². The first-order valence-electron chi connectivity index (χ1n) is 12.9. The number of carbonyl (C=O) groups is 1. The molecule has 1 aliphatic rings. The van der Waals surface area contributed by atoms with E-state index in [4.69, 9.17) is 9.29 Å². The number of carbonyl (C=O) groups excluding carboxylic acids is 1. The van der Waals surface area contributed by atoms with Gasteiger partial charge in [0.05, 0.1) is 29.6 Å². The molecule has 0 aliphatic carbocycles. The summed E-state index contributed by atoms with van der Waals surface area (Å²) in [5.74, 6) is -0.550. The third kappa shape index (κ3) is 7.56. The highest BCUT2D eigenvalue weighted by atomic mass is 32.2. The molecule has 11 heteroatoms. The highest BCUT2D eigenvalue weighted by molar-refractivity contribution is 7.91. The number of rotatable bonds is 12. The normalized spacial score (nSPS) is 20.8. The van der Waals surface area contributed by atoms with Crippen LogP contribution >= 0.6 is 0 Å². The van der Waals surface area contributed by atoms with Gasteiger partial charge in [0, 0.05) is 18.5 Å². The number of unbranched alkanes of at least 4 members (excludes halogenated alkanes) is 1. The van der Waals surface area contributed by atoms with Crippen molar-refractivity contribution in [2.45, 2.75) is 68.8 Å². The third-order valence-electron chi connectivity index (χ3n) is 7.10. The van der Waals surface area contributed by atoms with Gasteiger partial charge in [0.15, 0.2) is 9.84 Å². The largest absolute Gasteiger partial charge is 0.496 e. The molecule has 0 aromatic heterocycles. The summed E-state index contributed by atoms with van der Waals surface area (Å²) in [7, 11) is -6.37. The first kappa shape index (κ1) is 30.1. The van der Waals surface area contributed by atoms with Crippen LogP contribution < -0.4 is 15.4 Å². The molecule has 0 spiro atoms. The van der Waals surface area contributed by atoms with E-state index in [-0.39, 0.29) is 36.1 Å². The Balaban J connectivity index is 2.02. The molecule has 1 heterocycles. The van der Waals surface area contributed by atoms with E-state index in [1.807, 2.05) is 37.3 Å². The summed E-state index contributed by atoms with van der Waals surface area (Å²) in [5.41, 5.74) is 1.54. The van der Waals surface area contributed by atoms with E-state index in [1.54, 1.807) is 12.1 Å². The molecule has 38 heavy (non-hydrogen) atoms. The van der Waals surface area contributed by atoms with Crippen molar-refractivity contribution in [3.05, 3.63) is 59.2 Å². The zero-order chi connectivity index (χ0) is 28.0. The standard InChI is InChI=1S/C27H38N2O7S2/c1-4-6-14-27(5-2)19-37(31,32)24-17-21(12-13-25(30)28-15-16-38(33,34)35)23(36-3)18-22(24)26(29-27)20-10-8-7-9-11-20/h7-11,17-18,26,29H,4-6,12-16,19H2,1-3H3,(H,28,30)(H,33,34,35)/t26-,27-/m1/s1. The van der Waals surface area contributed by atoms with Crippen molar-refractivity contribution in [1.29, 1.82) is 0 Å². The van der Waals surface area contributed by atoms with Crippen LogP contribution in [0.2, 0.25) is 0 Å². The molecule has 0 saturated heterocycles. The molecule has 0 radical (unpaired) electrons. The van der Waals surface area contributed by atoms with Gasteiger partial charge in [-0.15, -0.1) is 0 Å². The van der Waals surface area contributed by atoms with Crippen molar-refractivity contribution in [2.24, 2.45) is 0 Å². The SMILES string of the molecule is CCCC[C@]1(CC)CS(=O)(=O)c2cc(CCC(=O)NCCS(=O)(=O)O)c(OC)cc2[C@@H](c2ccccc2)N1. The van der Waals surface area contributed by atoms with Crippen LogP contribution in [0.25, 0.3) is 0 Å². The van der Waals surface area contributed by atoms with Gasteiger partial charge < -0.3 is 10.1 Å². The van der Waals surface area contributed by atoms with Gasteiger partial charge in [-0.25, -0.2) is 8.42 Å². The maximum Gasteiger partial charge on any atom is 0.266 e. The average molecular weight is 567 g/mol. The van der Waals surface area contributed by atoms with Gasteiger partial charge in [-0.2, -0.15) is 8.42 Å². The van der Waals surface area contributed by atoms with Gasteiger partial charge in [0.1, 0.15) is 5.75 Å². The Morgan fingerprint density at radius 2 is 1.92 bits per heavy atom. The maximum atomic E-state index is 13.9. The maximum absolute atomic E-state index is 13.9. The van der Waals surface area contributed by atoms with E-state index in [0.29, 0.717) is 23.3 Å². The van der Waals surface area contributed by atoms with E-state index < -0.39 is 37.2 Å². The molecule has 2 atom stereocenters. The van der Waals surface area contributed by atoms with Crippen LogP contribution in [-0.2, 0) is 31.2 Å². The minimum absolute atomic E-state index is 0.00354. The van der Waals surface area contributed by atoms with Gasteiger partial charge >= 0.3 is 0 Å².